The summed E-state index contributed by atoms with van der Waals surface area (Å²) in [4.78, 5) is 13.5. The van der Waals surface area contributed by atoms with Crippen LogP contribution in [0.1, 0.15) is 0 Å². The topological polar surface area (TPSA) is 51.8 Å². The second kappa shape index (κ2) is 8.73. The second-order valence-corrected chi connectivity index (χ2v) is 10.8. The van der Waals surface area contributed by atoms with Crippen LogP contribution in [0.3, 0.4) is 0 Å². The average Bonchev–Trinajstić information content (AvgIpc) is 3.55. The Morgan fingerprint density at radius 1 is 0.513 bits per heavy atom. The lowest BCUT2D eigenvalue weighted by Gasteiger charge is -2.07. The van der Waals surface area contributed by atoms with Crippen molar-refractivity contribution in [1.82, 2.24) is 15.0 Å². The van der Waals surface area contributed by atoms with Crippen LogP contribution in [-0.2, 0) is 0 Å². The van der Waals surface area contributed by atoms with E-state index in [4.69, 9.17) is 21.0 Å². The van der Waals surface area contributed by atoms with Crippen LogP contribution in [-0.4, -0.2) is 15.0 Å². The summed E-state index contributed by atoms with van der Waals surface area (Å²) in [5.41, 5.74) is 5.70. The molecule has 5 aromatic carbocycles. The molecule has 0 aliphatic carbocycles. The van der Waals surface area contributed by atoms with Gasteiger partial charge in [0.2, 0.25) is 5.28 Å². The Labute approximate surface area is 232 Å². The van der Waals surface area contributed by atoms with E-state index < -0.39 is 0 Å². The number of fused-ring (bicyclic) bond motifs is 7. The van der Waals surface area contributed by atoms with Crippen LogP contribution in [0, 0.1) is 0 Å². The van der Waals surface area contributed by atoms with Crippen molar-refractivity contribution in [3.8, 4) is 33.9 Å². The van der Waals surface area contributed by atoms with Crippen molar-refractivity contribution in [2.75, 3.05) is 0 Å². The number of hydrogen-bond acceptors (Lipinski definition) is 5. The van der Waals surface area contributed by atoms with Gasteiger partial charge in [-0.3, -0.25) is 0 Å². The maximum absolute atomic E-state index is 6.32. The van der Waals surface area contributed by atoms with Crippen molar-refractivity contribution >= 4 is 65.0 Å². The Hall–Kier alpha value is -4.58. The molecule has 0 unspecified atom stereocenters. The molecule has 4 nitrogen and oxygen atoms in total. The maximum atomic E-state index is 6.32. The van der Waals surface area contributed by atoms with Gasteiger partial charge in [-0.05, 0) is 59.1 Å². The summed E-state index contributed by atoms with van der Waals surface area (Å²) in [6.45, 7) is 0. The molecule has 0 radical (unpaired) electrons. The van der Waals surface area contributed by atoms with E-state index >= 15 is 0 Å². The van der Waals surface area contributed by atoms with Crippen molar-refractivity contribution in [1.29, 1.82) is 0 Å². The van der Waals surface area contributed by atoms with Crippen LogP contribution in [0.4, 0.5) is 0 Å². The predicted octanol–water partition coefficient (Wildman–Crippen LogP) is 9.79. The van der Waals surface area contributed by atoms with Crippen LogP contribution < -0.4 is 0 Å². The van der Waals surface area contributed by atoms with Gasteiger partial charge in [0, 0.05) is 42.1 Å². The molecular formula is C33H18ClN3OS. The summed E-state index contributed by atoms with van der Waals surface area (Å²) in [5, 5.41) is 4.96. The zero-order valence-corrected chi connectivity index (χ0v) is 22.0. The van der Waals surface area contributed by atoms with Gasteiger partial charge in [0.05, 0.1) is 0 Å². The van der Waals surface area contributed by atoms with E-state index in [1.54, 1.807) is 0 Å². The molecule has 8 aromatic rings. The van der Waals surface area contributed by atoms with Crippen LogP contribution >= 0.6 is 22.9 Å². The van der Waals surface area contributed by atoms with Gasteiger partial charge in [0.15, 0.2) is 11.6 Å². The maximum Gasteiger partial charge on any atom is 0.226 e. The molecule has 0 aliphatic heterocycles. The Balaban J connectivity index is 1.29. The SMILES string of the molecule is Clc1nc(-c2ccccc2)nc(-c2cccc(-c3ccc4oc5ccc6sc7ccccc7c6c5c4c3)c2)n1. The number of aromatic nitrogens is 3. The summed E-state index contributed by atoms with van der Waals surface area (Å²) < 4.78 is 8.84. The molecule has 0 saturated heterocycles. The van der Waals surface area contributed by atoms with Crippen molar-refractivity contribution in [3.05, 3.63) is 114 Å². The van der Waals surface area contributed by atoms with E-state index in [1.807, 2.05) is 53.8 Å². The fraction of sp³-hybridized carbons (Fsp3) is 0. The third kappa shape index (κ3) is 3.70. The fourth-order valence-corrected chi connectivity index (χ4v) is 6.57. The van der Waals surface area contributed by atoms with Gasteiger partial charge in [-0.2, -0.15) is 9.97 Å². The number of rotatable bonds is 3. The zero-order valence-electron chi connectivity index (χ0n) is 20.4. The van der Waals surface area contributed by atoms with Crippen LogP contribution in [0.5, 0.6) is 0 Å². The standard InChI is InChI=1S/C33H18ClN3OS/c34-33-36-31(19-7-2-1-3-8-19)35-32(37-33)22-10-6-9-20(17-22)21-13-14-25-24(18-21)29-26(38-25)15-16-28-30(29)23-11-4-5-12-27(23)39-28/h1-18H. The number of nitrogens with zero attached hydrogens (tertiary/aromatic N) is 3. The molecule has 3 heterocycles. The largest absolute Gasteiger partial charge is 0.456 e. The number of furan rings is 1. The number of benzene rings is 5. The Morgan fingerprint density at radius 3 is 2.13 bits per heavy atom. The van der Waals surface area contributed by atoms with Gasteiger partial charge in [-0.1, -0.05) is 72.8 Å². The van der Waals surface area contributed by atoms with Gasteiger partial charge in [-0.25, -0.2) is 4.98 Å². The van der Waals surface area contributed by atoms with E-state index in [1.165, 1.54) is 20.2 Å². The van der Waals surface area contributed by atoms with Crippen LogP contribution in [0.25, 0.3) is 76.0 Å². The molecule has 3 aromatic heterocycles. The summed E-state index contributed by atoms with van der Waals surface area (Å²) in [5.74, 6) is 1.09. The molecule has 0 saturated carbocycles. The van der Waals surface area contributed by atoms with Gasteiger partial charge in [0.1, 0.15) is 11.2 Å². The van der Waals surface area contributed by atoms with Crippen molar-refractivity contribution in [3.63, 3.8) is 0 Å². The zero-order chi connectivity index (χ0) is 25.9. The first-order chi connectivity index (χ1) is 19.2. The molecule has 8 rings (SSSR count). The Bertz CT molecular complexity index is 2200. The summed E-state index contributed by atoms with van der Waals surface area (Å²) in [6.07, 6.45) is 0. The van der Waals surface area contributed by atoms with Gasteiger partial charge in [-0.15, -0.1) is 11.3 Å². The molecule has 0 aliphatic rings. The average molecular weight is 540 g/mol. The van der Waals surface area contributed by atoms with E-state index in [2.05, 4.69) is 76.7 Å². The van der Waals surface area contributed by atoms with Crippen molar-refractivity contribution in [2.24, 2.45) is 0 Å². The highest BCUT2D eigenvalue weighted by Crippen LogP contribution is 2.43. The smallest absolute Gasteiger partial charge is 0.226 e. The Kier molecular flexibility index (Phi) is 5.02. The minimum Gasteiger partial charge on any atom is -0.456 e. The summed E-state index contributed by atoms with van der Waals surface area (Å²) in [7, 11) is 0. The highest BCUT2D eigenvalue weighted by Gasteiger charge is 2.16. The van der Waals surface area contributed by atoms with Crippen LogP contribution in [0.2, 0.25) is 5.28 Å². The molecule has 0 fully saturated rings. The van der Waals surface area contributed by atoms with E-state index in [0.717, 1.165) is 44.2 Å². The molecule has 0 spiro atoms. The molecule has 0 amide bonds. The lowest BCUT2D eigenvalue weighted by Crippen LogP contribution is -1.97. The number of thiophene rings is 1. The second-order valence-electron chi connectivity index (χ2n) is 9.42. The number of hydrogen-bond donors (Lipinski definition) is 0. The molecule has 184 valence electrons. The molecule has 39 heavy (non-hydrogen) atoms. The lowest BCUT2D eigenvalue weighted by molar-refractivity contribution is 0.669. The van der Waals surface area contributed by atoms with Gasteiger partial charge in [0.25, 0.3) is 0 Å². The monoisotopic (exact) mass is 539 g/mol. The van der Waals surface area contributed by atoms with Crippen molar-refractivity contribution in [2.45, 2.75) is 0 Å². The molecule has 6 heteroatoms. The fourth-order valence-electron chi connectivity index (χ4n) is 5.30. The first-order valence-electron chi connectivity index (χ1n) is 12.6. The van der Waals surface area contributed by atoms with E-state index in [0.29, 0.717) is 11.6 Å². The van der Waals surface area contributed by atoms with E-state index in [9.17, 15) is 0 Å². The highest BCUT2D eigenvalue weighted by atomic mass is 35.5. The summed E-state index contributed by atoms with van der Waals surface area (Å²) in [6, 6.07) is 37.2. The lowest BCUT2D eigenvalue weighted by atomic mass is 9.99. The normalized spacial score (nSPS) is 11.7. The summed E-state index contributed by atoms with van der Waals surface area (Å²) >= 11 is 8.14. The predicted molar refractivity (Wildman–Crippen MR) is 161 cm³/mol. The molecular weight excluding hydrogens is 522 g/mol. The number of halogens is 1. The first-order valence-corrected chi connectivity index (χ1v) is 13.7. The molecule has 0 atom stereocenters. The highest BCUT2D eigenvalue weighted by molar-refractivity contribution is 7.26. The quantitative estimate of drug-likeness (QED) is 0.224. The van der Waals surface area contributed by atoms with E-state index in [-0.39, 0.29) is 5.28 Å². The Morgan fingerprint density at radius 2 is 1.23 bits per heavy atom. The van der Waals surface area contributed by atoms with Gasteiger partial charge >= 0.3 is 0 Å². The van der Waals surface area contributed by atoms with Crippen LogP contribution in [0.15, 0.2) is 114 Å². The third-order valence-electron chi connectivity index (χ3n) is 7.07. The molecule has 0 bridgehead atoms. The third-order valence-corrected chi connectivity index (χ3v) is 8.37. The molecule has 0 N–H and O–H groups in total. The minimum atomic E-state index is 0.169. The first kappa shape index (κ1) is 22.4. The minimum absolute atomic E-state index is 0.169. The van der Waals surface area contributed by atoms with Crippen molar-refractivity contribution < 1.29 is 4.42 Å². The van der Waals surface area contributed by atoms with Gasteiger partial charge < -0.3 is 4.42 Å².